The predicted octanol–water partition coefficient (Wildman–Crippen LogP) is 3.06. The number of aliphatic carboxylic acids is 1. The van der Waals surface area contributed by atoms with Crippen molar-refractivity contribution in [3.8, 4) is 0 Å². The zero-order chi connectivity index (χ0) is 26.1. The van der Waals surface area contributed by atoms with E-state index in [1.165, 1.54) is 0 Å². The highest BCUT2D eigenvalue weighted by molar-refractivity contribution is 6.09. The van der Waals surface area contributed by atoms with Crippen LogP contribution in [0, 0.1) is 11.8 Å². The summed E-state index contributed by atoms with van der Waals surface area (Å²) >= 11 is 0. The van der Waals surface area contributed by atoms with Crippen LogP contribution in [0.25, 0.3) is 0 Å². The molecule has 1 aliphatic carbocycles. The number of piperidine rings is 1. The number of fused-ring (bicyclic) bond motifs is 1. The first kappa shape index (κ1) is 26.1. The number of hydroxylamine groups is 1. The predicted molar refractivity (Wildman–Crippen MR) is 128 cm³/mol. The second kappa shape index (κ2) is 10.2. The Bertz CT molecular complexity index is 985. The molecule has 0 radical (unpaired) electrons. The normalized spacial score (nSPS) is 28.7. The summed E-state index contributed by atoms with van der Waals surface area (Å²) in [6.07, 6.45) is 1.97. The molecule has 2 unspecified atom stereocenters. The molecular weight excluding hydrogens is 466 g/mol. The molecule has 1 aromatic carbocycles. The molecule has 0 aromatic heterocycles. The highest BCUT2D eigenvalue weighted by atomic mass is 16.6. The van der Waals surface area contributed by atoms with Gasteiger partial charge in [0.1, 0.15) is 5.60 Å². The van der Waals surface area contributed by atoms with Crippen LogP contribution in [-0.2, 0) is 30.6 Å². The van der Waals surface area contributed by atoms with E-state index in [9.17, 15) is 24.3 Å². The van der Waals surface area contributed by atoms with Gasteiger partial charge in [0.2, 0.25) is 17.5 Å². The minimum Gasteiger partial charge on any atom is -0.478 e. The number of carboxylic acid groups (broad SMARTS) is 1. The molecule has 3 amide bonds. The molecule has 3 fully saturated rings. The summed E-state index contributed by atoms with van der Waals surface area (Å²) in [6.45, 7) is 5.20. The van der Waals surface area contributed by atoms with Gasteiger partial charge in [0.25, 0.3) is 0 Å². The molecule has 2 aliphatic heterocycles. The molecule has 3 aliphatic rings. The lowest BCUT2D eigenvalue weighted by Gasteiger charge is -2.49. The van der Waals surface area contributed by atoms with Crippen molar-refractivity contribution >= 4 is 23.9 Å². The lowest BCUT2D eigenvalue weighted by Crippen LogP contribution is -2.73. The first-order valence-electron chi connectivity index (χ1n) is 12.6. The van der Waals surface area contributed by atoms with E-state index >= 15 is 0 Å². The van der Waals surface area contributed by atoms with Crippen LogP contribution in [0.2, 0.25) is 0 Å². The highest BCUT2D eigenvalue weighted by Gasteiger charge is 2.64. The number of amides is 3. The lowest BCUT2D eigenvalue weighted by atomic mass is 9.81. The molecule has 4 atom stereocenters. The van der Waals surface area contributed by atoms with Gasteiger partial charge in [-0.2, -0.15) is 5.48 Å². The van der Waals surface area contributed by atoms with Gasteiger partial charge in [0.15, 0.2) is 0 Å². The van der Waals surface area contributed by atoms with E-state index in [-0.39, 0.29) is 26.0 Å². The Hall–Kier alpha value is -2.98. The van der Waals surface area contributed by atoms with Gasteiger partial charge in [0.05, 0.1) is 24.5 Å². The van der Waals surface area contributed by atoms with Gasteiger partial charge in [-0.3, -0.25) is 19.3 Å². The fourth-order valence-corrected chi connectivity index (χ4v) is 5.51. The van der Waals surface area contributed by atoms with E-state index in [1.807, 2.05) is 30.3 Å². The van der Waals surface area contributed by atoms with Crippen LogP contribution in [0.15, 0.2) is 30.3 Å². The molecule has 0 spiro atoms. The topological polar surface area (TPSA) is 125 Å². The molecule has 1 aromatic rings. The van der Waals surface area contributed by atoms with Gasteiger partial charge in [-0.05, 0) is 45.6 Å². The van der Waals surface area contributed by atoms with Crippen molar-refractivity contribution < 1.29 is 33.9 Å². The standard InChI is InChI=1S/C26H35N3O7/c1-25(2,3)36-24(34)28-15-18(27-35-16-17-9-5-4-6-10-17)13-14-26(28,23(32)33)29-21(30)19-11-7-8-12-20(19)22(29)31/h4-6,9-10,18-20,27H,7-8,11-16H2,1-3H3,(H,32,33)/t18-,19?,20?,26-/m1/s1. The first-order chi connectivity index (χ1) is 17.0. The molecule has 0 bridgehead atoms. The summed E-state index contributed by atoms with van der Waals surface area (Å²) in [5.41, 5.74) is 0.820. The molecule has 1 saturated carbocycles. The molecule has 2 heterocycles. The zero-order valence-corrected chi connectivity index (χ0v) is 21.1. The van der Waals surface area contributed by atoms with Gasteiger partial charge >= 0.3 is 12.1 Å². The number of hydrogen-bond donors (Lipinski definition) is 2. The van der Waals surface area contributed by atoms with Crippen LogP contribution < -0.4 is 5.48 Å². The van der Waals surface area contributed by atoms with Gasteiger partial charge in [-0.1, -0.05) is 43.2 Å². The number of imide groups is 1. The molecule has 2 saturated heterocycles. The maximum Gasteiger partial charge on any atom is 0.412 e. The Kier molecular flexibility index (Phi) is 7.38. The number of nitrogens with one attached hydrogen (secondary N) is 1. The summed E-state index contributed by atoms with van der Waals surface area (Å²) in [5.74, 6) is -3.50. The summed E-state index contributed by atoms with van der Waals surface area (Å²) < 4.78 is 5.56. The maximum atomic E-state index is 13.4. The Morgan fingerprint density at radius 1 is 1.06 bits per heavy atom. The fraction of sp³-hybridized carbons (Fsp3) is 0.615. The van der Waals surface area contributed by atoms with Crippen molar-refractivity contribution in [2.45, 2.75) is 83.2 Å². The summed E-state index contributed by atoms with van der Waals surface area (Å²) in [7, 11) is 0. The van der Waals surface area contributed by atoms with E-state index < -0.39 is 53.0 Å². The number of nitrogens with zero attached hydrogens (tertiary/aromatic N) is 2. The largest absolute Gasteiger partial charge is 0.478 e. The number of benzene rings is 1. The third-order valence-electron chi connectivity index (χ3n) is 7.19. The summed E-state index contributed by atoms with van der Waals surface area (Å²) in [5, 5.41) is 10.5. The van der Waals surface area contributed by atoms with E-state index in [0.717, 1.165) is 28.2 Å². The first-order valence-corrected chi connectivity index (χ1v) is 12.6. The molecular formula is C26H35N3O7. The number of carboxylic acids is 1. The smallest absolute Gasteiger partial charge is 0.412 e. The van der Waals surface area contributed by atoms with Crippen LogP contribution in [0.3, 0.4) is 0 Å². The number of rotatable bonds is 6. The Morgan fingerprint density at radius 3 is 2.22 bits per heavy atom. The van der Waals surface area contributed by atoms with E-state index in [2.05, 4.69) is 5.48 Å². The third kappa shape index (κ3) is 4.97. The number of likely N-dealkylation sites (tertiary alicyclic amines) is 2. The Balaban J connectivity index is 1.61. The highest BCUT2D eigenvalue weighted by Crippen LogP contribution is 2.44. The van der Waals surface area contributed by atoms with Crippen LogP contribution in [0.4, 0.5) is 4.79 Å². The van der Waals surface area contributed by atoms with Crippen molar-refractivity contribution in [2.24, 2.45) is 11.8 Å². The summed E-state index contributed by atoms with van der Waals surface area (Å²) in [6, 6.07) is 9.09. The number of carbonyl (C=O) groups excluding carboxylic acids is 3. The fourth-order valence-electron chi connectivity index (χ4n) is 5.51. The van der Waals surface area contributed by atoms with Gasteiger partial charge in [-0.25, -0.2) is 14.5 Å². The number of ether oxygens (including phenoxy) is 1. The van der Waals surface area contributed by atoms with E-state index in [0.29, 0.717) is 12.8 Å². The van der Waals surface area contributed by atoms with Crippen LogP contribution in [0.5, 0.6) is 0 Å². The van der Waals surface area contributed by atoms with Crippen molar-refractivity contribution in [3.63, 3.8) is 0 Å². The SMILES string of the molecule is CC(C)(C)OC(=O)N1C[C@H](NOCc2ccccc2)CC[C@]1(C(=O)O)N1C(=O)C2CCCCC2C1=O. The van der Waals surface area contributed by atoms with Gasteiger partial charge < -0.3 is 9.84 Å². The Morgan fingerprint density at radius 2 is 1.67 bits per heavy atom. The zero-order valence-electron chi connectivity index (χ0n) is 21.1. The monoisotopic (exact) mass is 501 g/mol. The maximum absolute atomic E-state index is 13.4. The minimum atomic E-state index is -2.15. The third-order valence-corrected chi connectivity index (χ3v) is 7.19. The molecule has 10 heteroatoms. The second-order valence-corrected chi connectivity index (χ2v) is 10.8. The van der Waals surface area contributed by atoms with E-state index in [4.69, 9.17) is 9.57 Å². The minimum absolute atomic E-state index is 0.109. The molecule has 196 valence electrons. The molecule has 10 nitrogen and oxygen atoms in total. The molecule has 4 rings (SSSR count). The van der Waals surface area contributed by atoms with Crippen molar-refractivity contribution in [2.75, 3.05) is 6.54 Å². The average Bonchev–Trinajstić information content (AvgIpc) is 3.09. The molecule has 36 heavy (non-hydrogen) atoms. The van der Waals surface area contributed by atoms with Gasteiger partial charge in [-0.15, -0.1) is 0 Å². The van der Waals surface area contributed by atoms with E-state index in [1.54, 1.807) is 20.8 Å². The molecule has 2 N–H and O–H groups in total. The second-order valence-electron chi connectivity index (χ2n) is 10.8. The summed E-state index contributed by atoms with van der Waals surface area (Å²) in [4.78, 5) is 60.7. The van der Waals surface area contributed by atoms with Gasteiger partial charge in [0, 0.05) is 13.0 Å². The van der Waals surface area contributed by atoms with Crippen molar-refractivity contribution in [3.05, 3.63) is 35.9 Å². The lowest BCUT2D eigenvalue weighted by molar-refractivity contribution is -0.183. The Labute approximate surface area is 210 Å². The van der Waals surface area contributed by atoms with Crippen LogP contribution in [0.1, 0.15) is 64.9 Å². The number of carbonyl (C=O) groups is 4. The van der Waals surface area contributed by atoms with Crippen LogP contribution in [-0.4, -0.2) is 62.6 Å². The quantitative estimate of drug-likeness (QED) is 0.450. The van der Waals surface area contributed by atoms with Crippen molar-refractivity contribution in [1.29, 1.82) is 0 Å². The average molecular weight is 502 g/mol. The van der Waals surface area contributed by atoms with Crippen LogP contribution >= 0.6 is 0 Å². The number of hydrogen-bond acceptors (Lipinski definition) is 7. The van der Waals surface area contributed by atoms with Crippen molar-refractivity contribution in [1.82, 2.24) is 15.3 Å².